The molecule has 24 heavy (non-hydrogen) atoms. The molecule has 1 amide bonds. The van der Waals surface area contributed by atoms with Crippen molar-refractivity contribution in [2.75, 3.05) is 7.11 Å². The predicted octanol–water partition coefficient (Wildman–Crippen LogP) is 4.04. The van der Waals surface area contributed by atoms with Gasteiger partial charge in [-0.25, -0.2) is 4.79 Å². The molecule has 0 radical (unpaired) electrons. The van der Waals surface area contributed by atoms with E-state index in [1.807, 2.05) is 37.8 Å². The summed E-state index contributed by atoms with van der Waals surface area (Å²) in [6, 6.07) is 4.22. The highest BCUT2D eigenvalue weighted by atomic mass is 16.6. The Labute approximate surface area is 143 Å². The van der Waals surface area contributed by atoms with E-state index in [0.29, 0.717) is 0 Å². The van der Waals surface area contributed by atoms with Crippen molar-refractivity contribution in [3.63, 3.8) is 0 Å². The van der Waals surface area contributed by atoms with Crippen molar-refractivity contribution in [2.45, 2.75) is 64.1 Å². The topological polar surface area (TPSA) is 51.7 Å². The van der Waals surface area contributed by atoms with Crippen LogP contribution >= 0.6 is 0 Å². The van der Waals surface area contributed by atoms with Crippen LogP contribution in [-0.4, -0.2) is 40.8 Å². The van der Waals surface area contributed by atoms with Gasteiger partial charge in [-0.1, -0.05) is 6.08 Å². The number of amides is 1. The normalized spacial score (nSPS) is 23.5. The Kier molecular flexibility index (Phi) is 4.52. The van der Waals surface area contributed by atoms with Crippen molar-refractivity contribution < 1.29 is 14.3 Å². The van der Waals surface area contributed by atoms with Crippen LogP contribution in [0, 0.1) is 0 Å². The summed E-state index contributed by atoms with van der Waals surface area (Å²) in [4.78, 5) is 19.0. The number of rotatable bonds is 2. The molecule has 2 aliphatic rings. The van der Waals surface area contributed by atoms with Gasteiger partial charge in [-0.2, -0.15) is 0 Å². The fourth-order valence-electron chi connectivity index (χ4n) is 3.51. The maximum Gasteiger partial charge on any atom is 0.411 e. The Balaban J connectivity index is 1.82. The number of nitrogens with zero attached hydrogens (tertiary/aromatic N) is 2. The van der Waals surface area contributed by atoms with E-state index in [-0.39, 0.29) is 18.2 Å². The monoisotopic (exact) mass is 330 g/mol. The van der Waals surface area contributed by atoms with E-state index >= 15 is 0 Å². The van der Waals surface area contributed by atoms with Crippen LogP contribution in [0.4, 0.5) is 4.79 Å². The number of carbonyl (C=O) groups is 1. The van der Waals surface area contributed by atoms with Crippen molar-refractivity contribution in [3.8, 4) is 5.75 Å². The van der Waals surface area contributed by atoms with Crippen LogP contribution < -0.4 is 4.74 Å². The summed E-state index contributed by atoms with van der Waals surface area (Å²) in [6.07, 6.45) is 7.71. The second-order valence-corrected chi connectivity index (χ2v) is 7.52. The van der Waals surface area contributed by atoms with Gasteiger partial charge in [-0.05, 0) is 64.2 Å². The molecule has 0 aromatic carbocycles. The largest absolute Gasteiger partial charge is 0.495 e. The summed E-state index contributed by atoms with van der Waals surface area (Å²) in [7, 11) is 1.64. The lowest BCUT2D eigenvalue weighted by molar-refractivity contribution is 0.0000673. The number of piperidine rings is 1. The quantitative estimate of drug-likeness (QED) is 0.821. The van der Waals surface area contributed by atoms with Crippen LogP contribution in [0.5, 0.6) is 5.75 Å². The number of fused-ring (bicyclic) bond motifs is 2. The van der Waals surface area contributed by atoms with E-state index in [1.165, 1.54) is 5.57 Å². The number of methoxy groups -OCH3 is 1. The summed E-state index contributed by atoms with van der Waals surface area (Å²) >= 11 is 0. The second-order valence-electron chi connectivity index (χ2n) is 7.52. The Hall–Kier alpha value is -2.04. The molecule has 2 aliphatic heterocycles. The van der Waals surface area contributed by atoms with E-state index in [9.17, 15) is 4.79 Å². The first-order chi connectivity index (χ1) is 11.4. The minimum Gasteiger partial charge on any atom is -0.495 e. The number of pyridine rings is 1. The van der Waals surface area contributed by atoms with Crippen LogP contribution in [0.1, 0.15) is 52.1 Å². The molecule has 2 atom stereocenters. The maximum atomic E-state index is 12.6. The van der Waals surface area contributed by atoms with E-state index in [4.69, 9.17) is 9.47 Å². The second kappa shape index (κ2) is 6.46. The standard InChI is InChI=1S/C19H26N2O3/c1-19(2,3)24-18(22)21-14-6-5-7-15(21)11-13(10-14)17-9-8-16(23-4)12-20-17/h8-10,12,14-15H,5-7,11H2,1-4H3. The zero-order chi connectivity index (χ0) is 17.3. The first-order valence-corrected chi connectivity index (χ1v) is 8.60. The molecule has 0 N–H and O–H groups in total. The van der Waals surface area contributed by atoms with Gasteiger partial charge in [-0.3, -0.25) is 9.88 Å². The Morgan fingerprint density at radius 2 is 2.08 bits per heavy atom. The molecule has 2 bridgehead atoms. The fourth-order valence-corrected chi connectivity index (χ4v) is 3.51. The summed E-state index contributed by atoms with van der Waals surface area (Å²) in [6.45, 7) is 5.73. The number of hydrogen-bond donors (Lipinski definition) is 0. The fraction of sp³-hybridized carbons (Fsp3) is 0.579. The van der Waals surface area contributed by atoms with Crippen LogP contribution in [0.25, 0.3) is 5.57 Å². The van der Waals surface area contributed by atoms with Crippen molar-refractivity contribution in [1.29, 1.82) is 0 Å². The zero-order valence-electron chi connectivity index (χ0n) is 14.9. The van der Waals surface area contributed by atoms with Crippen LogP contribution in [0.15, 0.2) is 24.4 Å². The first kappa shape index (κ1) is 16.8. The van der Waals surface area contributed by atoms with Crippen molar-refractivity contribution in [2.24, 2.45) is 0 Å². The third kappa shape index (κ3) is 3.55. The van der Waals surface area contributed by atoms with E-state index in [1.54, 1.807) is 13.3 Å². The predicted molar refractivity (Wildman–Crippen MR) is 92.9 cm³/mol. The van der Waals surface area contributed by atoms with Gasteiger partial charge >= 0.3 is 6.09 Å². The third-order valence-corrected chi connectivity index (χ3v) is 4.54. The molecular formula is C19H26N2O3. The molecule has 1 saturated heterocycles. The molecule has 0 spiro atoms. The first-order valence-electron chi connectivity index (χ1n) is 8.60. The molecule has 130 valence electrons. The summed E-state index contributed by atoms with van der Waals surface area (Å²) in [5, 5.41) is 0. The number of hydrogen-bond acceptors (Lipinski definition) is 4. The Bertz CT molecular complexity index is 631. The summed E-state index contributed by atoms with van der Waals surface area (Å²) < 4.78 is 10.8. The van der Waals surface area contributed by atoms with Gasteiger partial charge in [0.1, 0.15) is 11.4 Å². The van der Waals surface area contributed by atoms with Crippen molar-refractivity contribution >= 4 is 11.7 Å². The average Bonchev–Trinajstić information content (AvgIpc) is 2.52. The lowest BCUT2D eigenvalue weighted by Gasteiger charge is -2.45. The minimum atomic E-state index is -0.465. The SMILES string of the molecule is COc1ccc(C2=CC3CCCC(C2)N3C(=O)OC(C)(C)C)nc1. The molecule has 0 saturated carbocycles. The molecule has 3 heterocycles. The molecule has 1 fully saturated rings. The van der Waals surface area contributed by atoms with E-state index in [0.717, 1.165) is 37.1 Å². The Morgan fingerprint density at radius 3 is 2.67 bits per heavy atom. The van der Waals surface area contributed by atoms with Gasteiger partial charge in [0.15, 0.2) is 0 Å². The van der Waals surface area contributed by atoms with Gasteiger partial charge in [0, 0.05) is 6.04 Å². The molecule has 0 aliphatic carbocycles. The van der Waals surface area contributed by atoms with Gasteiger partial charge in [-0.15, -0.1) is 0 Å². The number of carbonyl (C=O) groups excluding carboxylic acids is 1. The molecule has 1 aromatic heterocycles. The minimum absolute atomic E-state index is 0.103. The van der Waals surface area contributed by atoms with E-state index < -0.39 is 5.60 Å². The average molecular weight is 330 g/mol. The molecule has 5 heteroatoms. The summed E-state index contributed by atoms with van der Waals surface area (Å²) in [5.41, 5.74) is 1.72. The highest BCUT2D eigenvalue weighted by Gasteiger charge is 2.39. The molecule has 1 aromatic rings. The third-order valence-electron chi connectivity index (χ3n) is 4.54. The van der Waals surface area contributed by atoms with Crippen LogP contribution in [-0.2, 0) is 4.74 Å². The number of aromatic nitrogens is 1. The zero-order valence-corrected chi connectivity index (χ0v) is 14.9. The van der Waals surface area contributed by atoms with Crippen LogP contribution in [0.2, 0.25) is 0 Å². The maximum absolute atomic E-state index is 12.6. The van der Waals surface area contributed by atoms with Gasteiger partial charge < -0.3 is 9.47 Å². The lowest BCUT2D eigenvalue weighted by atomic mass is 9.84. The van der Waals surface area contributed by atoms with Crippen LogP contribution in [0.3, 0.4) is 0 Å². The lowest BCUT2D eigenvalue weighted by Crippen LogP contribution is -2.53. The highest BCUT2D eigenvalue weighted by Crippen LogP contribution is 2.37. The molecular weight excluding hydrogens is 304 g/mol. The number of ether oxygens (including phenoxy) is 2. The molecule has 3 rings (SSSR count). The van der Waals surface area contributed by atoms with Gasteiger partial charge in [0.25, 0.3) is 0 Å². The van der Waals surface area contributed by atoms with Crippen molar-refractivity contribution in [3.05, 3.63) is 30.1 Å². The molecule has 2 unspecified atom stereocenters. The van der Waals surface area contributed by atoms with Gasteiger partial charge in [0.2, 0.25) is 0 Å². The molecule has 5 nitrogen and oxygen atoms in total. The van der Waals surface area contributed by atoms with Gasteiger partial charge in [0.05, 0.1) is 25.0 Å². The summed E-state index contributed by atoms with van der Waals surface area (Å²) in [5.74, 6) is 0.755. The van der Waals surface area contributed by atoms with Crippen molar-refractivity contribution in [1.82, 2.24) is 9.88 Å². The van der Waals surface area contributed by atoms with E-state index in [2.05, 4.69) is 11.1 Å². The smallest absolute Gasteiger partial charge is 0.411 e. The Morgan fingerprint density at radius 1 is 1.29 bits per heavy atom. The highest BCUT2D eigenvalue weighted by molar-refractivity contribution is 5.74.